The smallest absolute Gasteiger partial charge is 0.381 e. The summed E-state index contributed by atoms with van der Waals surface area (Å²) in [5.41, 5.74) is 0. The molecule has 0 amide bonds. The van der Waals surface area contributed by atoms with Crippen LogP contribution in [0.2, 0.25) is 0 Å². The second kappa shape index (κ2) is 101. The minimum absolute atomic E-state index is 0. The molecule has 29 atom stereocenters. The van der Waals surface area contributed by atoms with Crippen molar-refractivity contribution >= 4 is 0 Å². The summed E-state index contributed by atoms with van der Waals surface area (Å²) in [6.07, 6.45) is 120. The molecule has 0 heterocycles. The van der Waals surface area contributed by atoms with Gasteiger partial charge in [0.15, 0.2) is 0 Å². The van der Waals surface area contributed by atoms with Crippen molar-refractivity contribution in [1.82, 2.24) is 0 Å². The van der Waals surface area contributed by atoms with Crippen LogP contribution in [0.1, 0.15) is 330 Å². The largest absolute Gasteiger partial charge is 4.00 e. The molecule has 20 aliphatic rings. The van der Waals surface area contributed by atoms with E-state index in [9.17, 15) is 0 Å². The minimum atomic E-state index is 0. The van der Waals surface area contributed by atoms with Gasteiger partial charge in [0, 0.05) is 13.2 Å². The average molecular weight is 2580 g/mol. The molecule has 12 fully saturated rings. The number of rotatable bonds is 12. The van der Waals surface area contributed by atoms with Gasteiger partial charge >= 0.3 is 157 Å². The van der Waals surface area contributed by atoms with Crippen LogP contribution in [0.25, 0.3) is 0 Å². The average Bonchev–Trinajstić information content (AvgIpc) is 1.67. The van der Waals surface area contributed by atoms with Gasteiger partial charge in [-0.2, -0.15) is 0 Å². The first-order chi connectivity index (χ1) is 58.8. The molecule has 0 saturated heterocycles. The zero-order valence-corrected chi connectivity index (χ0v) is 121. The number of ether oxygens (including phenoxy) is 1. The molecule has 0 aliphatic heterocycles. The molecular formula is C140H250HfOZr5. The summed E-state index contributed by atoms with van der Waals surface area (Å²) >= 11 is 0. The van der Waals surface area contributed by atoms with Crippen LogP contribution < -0.4 is 0 Å². The molecule has 20 aliphatic carbocycles. The van der Waals surface area contributed by atoms with Crippen molar-refractivity contribution in [3.63, 3.8) is 0 Å². The predicted octanol–water partition coefficient (Wildman–Crippen LogP) is 44.1. The molecular weight excluding hydrogens is 2330 g/mol. The van der Waals surface area contributed by atoms with Crippen LogP contribution >= 0.6 is 0 Å². The molecule has 20 rings (SSSR count). The summed E-state index contributed by atoms with van der Waals surface area (Å²) in [5.74, 6) is 32.4. The Labute approximate surface area is 1050 Å². The Morgan fingerprint density at radius 2 is 0.367 bits per heavy atom. The van der Waals surface area contributed by atoms with Crippen LogP contribution in [0.15, 0.2) is 194 Å². The van der Waals surface area contributed by atoms with Gasteiger partial charge in [-0.05, 0) is 316 Å². The van der Waals surface area contributed by atoms with E-state index >= 15 is 0 Å². The summed E-state index contributed by atoms with van der Waals surface area (Å²) < 4.78 is 6.18. The maximum Gasteiger partial charge on any atom is 4.00 e. The molecule has 840 valence electrons. The Bertz CT molecular complexity index is 3120. The van der Waals surface area contributed by atoms with E-state index in [2.05, 4.69) is 319 Å². The van der Waals surface area contributed by atoms with E-state index < -0.39 is 0 Å². The molecule has 0 aromatic heterocycles. The fourth-order valence-corrected chi connectivity index (χ4v) is 27.8. The first kappa shape index (κ1) is 186. The Hall–Kier alpha value is 1.09. The second-order valence-corrected chi connectivity index (χ2v) is 44.0. The van der Waals surface area contributed by atoms with Gasteiger partial charge in [-0.3, -0.25) is 0 Å². The van der Waals surface area contributed by atoms with Crippen LogP contribution in [0.3, 0.4) is 0 Å². The molecule has 0 N–H and O–H groups in total. The molecule has 29 unspecified atom stereocenters. The van der Waals surface area contributed by atoms with Gasteiger partial charge in [0.2, 0.25) is 0 Å². The van der Waals surface area contributed by atoms with E-state index in [1.54, 1.807) is 0 Å². The van der Waals surface area contributed by atoms with Crippen LogP contribution in [-0.2, 0) is 162 Å². The van der Waals surface area contributed by atoms with Crippen molar-refractivity contribution in [2.24, 2.45) is 213 Å². The normalized spacial score (nSPS) is 34.4. The fraction of sp³-hybridized carbons (Fsp3) is 0.629. The van der Waals surface area contributed by atoms with E-state index in [1.807, 2.05) is 0 Å². The van der Waals surface area contributed by atoms with Crippen molar-refractivity contribution < 1.29 is 162 Å². The van der Waals surface area contributed by atoms with Gasteiger partial charge in [0.1, 0.15) is 0 Å². The van der Waals surface area contributed by atoms with Crippen molar-refractivity contribution in [1.29, 1.82) is 0 Å². The molecule has 0 aromatic rings. The zero-order valence-electron chi connectivity index (χ0n) is 105. The van der Waals surface area contributed by atoms with Crippen molar-refractivity contribution in [2.75, 3.05) is 13.2 Å². The minimum Gasteiger partial charge on any atom is -0.381 e. The topological polar surface area (TPSA) is 9.23 Å². The Kier molecular flexibility index (Phi) is 128. The maximum absolute atomic E-state index is 6.18. The monoisotopic (exact) mass is 2580 g/mol. The summed E-state index contributed by atoms with van der Waals surface area (Å²) in [4.78, 5) is 0. The number of hydrogen-bond donors (Lipinski definition) is 0. The summed E-state index contributed by atoms with van der Waals surface area (Å²) in [6.45, 7) is 44.4. The Morgan fingerprint density at radius 3 is 0.565 bits per heavy atom. The number of fused-ring (bicyclic) bond motifs is 8. The van der Waals surface area contributed by atoms with E-state index in [0.29, 0.717) is 0 Å². The van der Waals surface area contributed by atoms with E-state index in [4.69, 9.17) is 4.74 Å². The van der Waals surface area contributed by atoms with E-state index in [-0.39, 0.29) is 305 Å². The van der Waals surface area contributed by atoms with Gasteiger partial charge in [0.05, 0.1) is 0 Å². The van der Waals surface area contributed by atoms with Crippen LogP contribution in [0, 0.1) is 362 Å². The Morgan fingerprint density at radius 1 is 0.190 bits per heavy atom. The summed E-state index contributed by atoms with van der Waals surface area (Å²) in [6, 6.07) is 0. The predicted molar refractivity (Wildman–Crippen MR) is 661 cm³/mol. The first-order valence-electron chi connectivity index (χ1n) is 53.2. The molecule has 7 heteroatoms. The third kappa shape index (κ3) is 56.5. The summed E-state index contributed by atoms with van der Waals surface area (Å²) in [5, 5.41) is 0. The van der Waals surface area contributed by atoms with E-state index in [0.717, 1.165) is 226 Å². The third-order valence-corrected chi connectivity index (χ3v) is 37.1. The zero-order chi connectivity index (χ0) is 86.2. The SMILES string of the molecule is C1=CC2CCC(COCC3CCC4C=CC=CC43)C2C=C1.CC1C(C)C(C)C(C)C1C.CC1CC(C)C(C)C1C.CC1CC(C)C2C=CC=CC12.CC1CCC2C=CC=CC12.CCC1CCC2C=CC=CC21.CCC1CCC2C=CC=CC21.CCC1CCC2C=CC=CC21.CCC1CCC2C=CC=CC21.CCCC1CCCC1.CCCC1CCCC1.[CH3-].[CH3-].[CH3-].[CH3-].[CH3-].[CH3-].[CH3-].[CH3-].[CH3-].[CH3-].[CH3-].[CH3-].[CH3-].[CH3-].[CH3-].[CH3-].[CH3-].[CH3-].[CH3-].[CH3-].[Hf+4].[Zr+2].[Zr+2].[Zr+4].[Zr+4].[Zr+4]. The van der Waals surface area contributed by atoms with Gasteiger partial charge in [-0.1, -0.05) is 422 Å². The van der Waals surface area contributed by atoms with Crippen LogP contribution in [0.4, 0.5) is 0 Å². The number of allylic oxidation sites excluding steroid dienone is 32. The number of hydrogen-bond acceptors (Lipinski definition) is 1. The van der Waals surface area contributed by atoms with Gasteiger partial charge < -0.3 is 153 Å². The Balaban J connectivity index is -0.0000000837. The molecule has 0 radical (unpaired) electrons. The van der Waals surface area contributed by atoms with Crippen molar-refractivity contribution in [2.45, 2.75) is 330 Å². The van der Waals surface area contributed by atoms with Crippen LogP contribution in [-0.4, -0.2) is 13.2 Å². The molecule has 0 aromatic carbocycles. The van der Waals surface area contributed by atoms with Crippen molar-refractivity contribution in [3.05, 3.63) is 343 Å². The van der Waals surface area contributed by atoms with Crippen LogP contribution in [0.5, 0.6) is 0 Å². The van der Waals surface area contributed by atoms with E-state index in [1.165, 1.54) is 205 Å². The van der Waals surface area contributed by atoms with Gasteiger partial charge in [-0.15, -0.1) is 0 Å². The van der Waals surface area contributed by atoms with Gasteiger partial charge in [-0.25, -0.2) is 0 Å². The molecule has 0 bridgehead atoms. The quantitative estimate of drug-likeness (QED) is 0.140. The summed E-state index contributed by atoms with van der Waals surface area (Å²) in [7, 11) is 0. The van der Waals surface area contributed by atoms with Gasteiger partial charge in [0.25, 0.3) is 0 Å². The standard InChI is InChI=1S/C20H26O.5C11H16.C10H14.C10H20.C9H18.2C8H16.20CH3.Hf.5Zr/c1-3-7-19-15(5-1)9-11-17(19)13-21-14-18-12-10-16-6-2-4-8-20(16)18;1-8-7-9(2)11-6-4-3-5-10(8)11;4*1-2-9-7-8-10-5-3-4-6-11(9)10;1-8-6-7-9-4-2-3-5-10(8)9;1-6-7(2)9(4)10(5)8(6)3;1-6-5-7(2)9(4)8(6)3;2*1-2-5-8-6-3-4-7-8;;;;;;;;;;;;;;;;;;;;;;;;;;/h1-8,15-20H,9-14H2;3-6,8-11H,7H2,1-2H3;4*3-6,9-11H,2,7-8H2,1H3;2-5,8-10H,6-7H2,1H3;6-10H,1-5H3;6-9H,5H2,1-4H3;2*8H,2-7H2,1H3;20*1H3;;;;;;/q;;;;;;;;;;;20*-1;+4;2*+2;3*+4. The molecule has 147 heavy (non-hydrogen) atoms. The molecule has 0 spiro atoms. The molecule has 12 saturated carbocycles. The van der Waals surface area contributed by atoms with Crippen molar-refractivity contribution in [3.8, 4) is 0 Å². The third-order valence-electron chi connectivity index (χ3n) is 37.1. The fourth-order valence-electron chi connectivity index (χ4n) is 27.8. The maximum atomic E-state index is 6.18. The first-order valence-corrected chi connectivity index (χ1v) is 53.2. The molecule has 1 nitrogen and oxygen atoms in total. The second-order valence-electron chi connectivity index (χ2n) is 44.0.